The highest BCUT2D eigenvalue weighted by atomic mass is 35.5. The first-order valence-electron chi connectivity index (χ1n) is 4.65. The van der Waals surface area contributed by atoms with E-state index in [1.807, 2.05) is 13.8 Å². The highest BCUT2D eigenvalue weighted by Gasteiger charge is 2.55. The average Bonchev–Trinajstić information content (AvgIpc) is 2.19. The van der Waals surface area contributed by atoms with E-state index in [1.54, 1.807) is 18.7 Å². The molecule has 1 fully saturated rings. The van der Waals surface area contributed by atoms with E-state index in [-0.39, 0.29) is 12.5 Å². The number of hydrogen-bond donors (Lipinski definition) is 1. The average molecular weight is 221 g/mol. The number of hydrogen-bond acceptors (Lipinski definition) is 3. The van der Waals surface area contributed by atoms with Crippen molar-refractivity contribution < 1.29 is 9.90 Å². The van der Waals surface area contributed by atoms with Gasteiger partial charge < -0.3 is 10.0 Å². The quantitative estimate of drug-likeness (QED) is 0.700. The molecule has 14 heavy (non-hydrogen) atoms. The van der Waals surface area contributed by atoms with Crippen molar-refractivity contribution >= 4 is 17.7 Å². The summed E-state index contributed by atoms with van der Waals surface area (Å²) in [7, 11) is 0. The van der Waals surface area contributed by atoms with Crippen LogP contribution in [0.25, 0.3) is 0 Å². The van der Waals surface area contributed by atoms with Gasteiger partial charge in [0.1, 0.15) is 11.2 Å². The molecule has 0 aliphatic carbocycles. The molecule has 0 saturated carbocycles. The van der Waals surface area contributed by atoms with Crippen molar-refractivity contribution in [1.29, 1.82) is 0 Å². The second-order valence-corrected chi connectivity index (χ2v) is 4.85. The minimum Gasteiger partial charge on any atom is -0.395 e. The zero-order valence-corrected chi connectivity index (χ0v) is 9.80. The van der Waals surface area contributed by atoms with Crippen molar-refractivity contribution in [3.63, 3.8) is 0 Å². The van der Waals surface area contributed by atoms with Crippen LogP contribution in [0, 0.1) is 0 Å². The number of nitrogens with zero attached hydrogens (tertiary/aromatic N) is 2. The van der Waals surface area contributed by atoms with Crippen LogP contribution < -0.4 is 0 Å². The Balaban J connectivity index is 3.04. The summed E-state index contributed by atoms with van der Waals surface area (Å²) in [5.74, 6) is -0.0495. The normalized spacial score (nSPS) is 25.9. The molecule has 0 bridgehead atoms. The zero-order valence-electron chi connectivity index (χ0n) is 9.04. The third-order valence-corrected chi connectivity index (χ3v) is 3.56. The summed E-state index contributed by atoms with van der Waals surface area (Å²) in [6.45, 7) is 7.56. The minimum absolute atomic E-state index is 0.0457. The molecule has 0 unspecified atom stereocenters. The summed E-state index contributed by atoms with van der Waals surface area (Å²) in [6, 6.07) is 0. The predicted molar refractivity (Wildman–Crippen MR) is 54.6 cm³/mol. The number of carbonyl (C=O) groups is 1. The van der Waals surface area contributed by atoms with Crippen LogP contribution >= 0.6 is 11.8 Å². The third-order valence-electron chi connectivity index (χ3n) is 2.72. The van der Waals surface area contributed by atoms with Gasteiger partial charge in [-0.25, -0.2) is 0 Å². The predicted octanol–water partition coefficient (Wildman–Crippen LogP) is 0.791. The van der Waals surface area contributed by atoms with Gasteiger partial charge >= 0.3 is 0 Å². The van der Waals surface area contributed by atoms with E-state index in [0.29, 0.717) is 6.54 Å². The van der Waals surface area contributed by atoms with E-state index in [2.05, 4.69) is 0 Å². The van der Waals surface area contributed by atoms with Crippen molar-refractivity contribution in [1.82, 2.24) is 9.32 Å². The van der Waals surface area contributed by atoms with E-state index in [4.69, 9.17) is 16.9 Å². The van der Waals surface area contributed by atoms with Crippen LogP contribution in [-0.4, -0.2) is 44.7 Å². The van der Waals surface area contributed by atoms with E-state index in [1.165, 1.54) is 4.42 Å². The van der Waals surface area contributed by atoms with Gasteiger partial charge in [-0.2, -0.15) is 4.42 Å². The van der Waals surface area contributed by atoms with Crippen LogP contribution in [0.1, 0.15) is 27.7 Å². The van der Waals surface area contributed by atoms with Crippen LogP contribution in [0.3, 0.4) is 0 Å². The van der Waals surface area contributed by atoms with Crippen LogP contribution in [-0.2, 0) is 4.79 Å². The van der Waals surface area contributed by atoms with Gasteiger partial charge in [-0.05, 0) is 39.5 Å². The van der Waals surface area contributed by atoms with Gasteiger partial charge in [0.15, 0.2) is 0 Å². The fraction of sp³-hybridized carbons (Fsp3) is 0.889. The van der Waals surface area contributed by atoms with Gasteiger partial charge in [-0.3, -0.25) is 4.79 Å². The number of β-amino-alcohol motifs (C(OH)–C–C–N with tert-alkyl or cyclic N) is 1. The van der Waals surface area contributed by atoms with E-state index in [9.17, 15) is 4.79 Å². The first-order chi connectivity index (χ1) is 6.26. The van der Waals surface area contributed by atoms with Crippen LogP contribution in [0.4, 0.5) is 0 Å². The summed E-state index contributed by atoms with van der Waals surface area (Å²) < 4.78 is 1.51. The third kappa shape index (κ3) is 1.42. The molecule has 5 heteroatoms. The minimum atomic E-state index is -0.708. The highest BCUT2D eigenvalue weighted by molar-refractivity contribution is 6.17. The monoisotopic (exact) mass is 220 g/mol. The Labute approximate surface area is 89.5 Å². The SMILES string of the molecule is CC1(C)C(=O)N(CCO)C(C)(C)N1Cl. The lowest BCUT2D eigenvalue weighted by atomic mass is 10.1. The van der Waals surface area contributed by atoms with Crippen molar-refractivity contribution in [3.8, 4) is 0 Å². The Hall–Kier alpha value is -0.320. The molecule has 0 radical (unpaired) electrons. The molecule has 1 amide bonds. The molecule has 4 nitrogen and oxygen atoms in total. The van der Waals surface area contributed by atoms with Gasteiger partial charge in [-0.15, -0.1) is 0 Å². The number of aliphatic hydroxyl groups is 1. The molecule has 1 rings (SSSR count). The molecule has 1 aliphatic rings. The van der Waals surface area contributed by atoms with Gasteiger partial charge in [0, 0.05) is 6.54 Å². The van der Waals surface area contributed by atoms with Gasteiger partial charge in [0.25, 0.3) is 0 Å². The second-order valence-electron chi connectivity index (χ2n) is 4.51. The second kappa shape index (κ2) is 3.36. The number of rotatable bonds is 2. The van der Waals surface area contributed by atoms with Crippen LogP contribution in [0.2, 0.25) is 0 Å². The summed E-state index contributed by atoms with van der Waals surface area (Å²) in [4.78, 5) is 13.5. The Bertz CT molecular complexity index is 253. The highest BCUT2D eigenvalue weighted by Crippen LogP contribution is 2.39. The van der Waals surface area contributed by atoms with Crippen LogP contribution in [0.15, 0.2) is 0 Å². The molecule has 0 aromatic heterocycles. The Kier molecular flexibility index (Phi) is 2.82. The molecule has 1 N–H and O–H groups in total. The fourth-order valence-electron chi connectivity index (χ4n) is 1.93. The molecular weight excluding hydrogens is 204 g/mol. The van der Waals surface area contributed by atoms with Crippen molar-refractivity contribution in [2.75, 3.05) is 13.2 Å². The van der Waals surface area contributed by atoms with Crippen molar-refractivity contribution in [3.05, 3.63) is 0 Å². The molecule has 1 saturated heterocycles. The first kappa shape index (κ1) is 11.8. The van der Waals surface area contributed by atoms with Gasteiger partial charge in [-0.1, -0.05) is 0 Å². The van der Waals surface area contributed by atoms with E-state index in [0.717, 1.165) is 0 Å². The molecule has 1 aliphatic heterocycles. The standard InChI is InChI=1S/C9H17ClN2O2/c1-8(2)7(14)11(5-6-13)9(3,4)12(8)10/h13H,5-6H2,1-4H3. The fourth-order valence-corrected chi connectivity index (χ4v) is 2.09. The smallest absolute Gasteiger partial charge is 0.245 e. The Morgan fingerprint density at radius 2 is 1.86 bits per heavy atom. The topological polar surface area (TPSA) is 43.8 Å². The number of aliphatic hydroxyl groups excluding tert-OH is 1. The summed E-state index contributed by atoms with van der Waals surface area (Å²) in [6.07, 6.45) is 0. The number of amides is 1. The molecular formula is C9H17ClN2O2. The van der Waals surface area contributed by atoms with E-state index < -0.39 is 11.2 Å². The van der Waals surface area contributed by atoms with Crippen molar-refractivity contribution in [2.45, 2.75) is 38.9 Å². The van der Waals surface area contributed by atoms with E-state index >= 15 is 0 Å². The number of halogens is 1. The summed E-state index contributed by atoms with van der Waals surface area (Å²) >= 11 is 6.11. The first-order valence-corrected chi connectivity index (χ1v) is 4.99. The largest absolute Gasteiger partial charge is 0.395 e. The maximum atomic E-state index is 11.9. The molecule has 0 aromatic rings. The maximum Gasteiger partial charge on any atom is 0.245 e. The maximum absolute atomic E-state index is 11.9. The molecule has 0 aromatic carbocycles. The number of carbonyl (C=O) groups excluding carboxylic acids is 1. The van der Waals surface area contributed by atoms with Crippen molar-refractivity contribution in [2.24, 2.45) is 0 Å². The Morgan fingerprint density at radius 3 is 2.14 bits per heavy atom. The Morgan fingerprint density at radius 1 is 1.36 bits per heavy atom. The molecule has 0 atom stereocenters. The zero-order chi connectivity index (χ0) is 11.1. The molecule has 1 heterocycles. The molecule has 82 valence electrons. The van der Waals surface area contributed by atoms with Gasteiger partial charge in [0.05, 0.1) is 6.61 Å². The van der Waals surface area contributed by atoms with Crippen LogP contribution in [0.5, 0.6) is 0 Å². The summed E-state index contributed by atoms with van der Waals surface area (Å²) in [5, 5.41) is 8.88. The summed E-state index contributed by atoms with van der Waals surface area (Å²) in [5.41, 5.74) is -1.26. The lowest BCUT2D eigenvalue weighted by Gasteiger charge is -2.34. The van der Waals surface area contributed by atoms with Gasteiger partial charge in [0.2, 0.25) is 5.91 Å². The molecule has 0 spiro atoms. The lowest BCUT2D eigenvalue weighted by Crippen LogP contribution is -2.47. The lowest BCUT2D eigenvalue weighted by molar-refractivity contribution is -0.134.